The zero-order valence-corrected chi connectivity index (χ0v) is 16.6. The molecule has 1 fully saturated rings. The number of carbonyl (C=O) groups is 1. The molecule has 150 valence electrons. The fraction of sp³-hybridized carbons (Fsp3) is 0.350. The molecule has 7 nitrogen and oxygen atoms in total. The van der Waals surface area contributed by atoms with Gasteiger partial charge in [0.05, 0.1) is 31.1 Å². The van der Waals surface area contributed by atoms with Crippen LogP contribution < -0.4 is 10.1 Å². The predicted molar refractivity (Wildman–Crippen MR) is 106 cm³/mol. The molecule has 1 saturated heterocycles. The molecule has 0 unspecified atom stereocenters. The second-order valence-electron chi connectivity index (χ2n) is 6.50. The average molecular weight is 404 g/mol. The summed E-state index contributed by atoms with van der Waals surface area (Å²) in [6.07, 6.45) is 0.196. The van der Waals surface area contributed by atoms with E-state index in [9.17, 15) is 13.2 Å². The van der Waals surface area contributed by atoms with E-state index >= 15 is 0 Å². The van der Waals surface area contributed by atoms with Gasteiger partial charge in [0.15, 0.2) is 0 Å². The molecule has 0 radical (unpaired) electrons. The number of amides is 1. The first-order valence-electron chi connectivity index (χ1n) is 9.12. The van der Waals surface area contributed by atoms with Crippen LogP contribution in [0.25, 0.3) is 0 Å². The van der Waals surface area contributed by atoms with Crippen LogP contribution >= 0.6 is 0 Å². The van der Waals surface area contributed by atoms with Crippen LogP contribution in [0.15, 0.2) is 53.4 Å². The van der Waals surface area contributed by atoms with Gasteiger partial charge in [-0.25, -0.2) is 8.42 Å². The van der Waals surface area contributed by atoms with E-state index in [0.29, 0.717) is 32.0 Å². The maximum atomic E-state index is 12.6. The Balaban J connectivity index is 1.50. The number of carbonyl (C=O) groups excluding carboxylic acids is 1. The number of nitrogens with zero attached hydrogens (tertiary/aromatic N) is 1. The first kappa shape index (κ1) is 20.3. The summed E-state index contributed by atoms with van der Waals surface area (Å²) in [5, 5.41) is 2.75. The number of hydrogen-bond donors (Lipinski definition) is 1. The van der Waals surface area contributed by atoms with Gasteiger partial charge in [-0.3, -0.25) is 4.79 Å². The summed E-state index contributed by atoms with van der Waals surface area (Å²) in [7, 11) is -3.53. The molecule has 1 amide bonds. The van der Waals surface area contributed by atoms with Gasteiger partial charge in [0, 0.05) is 18.8 Å². The van der Waals surface area contributed by atoms with Crippen LogP contribution in [-0.4, -0.2) is 51.5 Å². The summed E-state index contributed by atoms with van der Waals surface area (Å²) in [5.41, 5.74) is 1.69. The fourth-order valence-electron chi connectivity index (χ4n) is 2.77. The summed E-state index contributed by atoms with van der Waals surface area (Å²) in [6.45, 7) is 3.76. The van der Waals surface area contributed by atoms with E-state index in [4.69, 9.17) is 9.47 Å². The van der Waals surface area contributed by atoms with Crippen molar-refractivity contribution >= 4 is 21.6 Å². The highest BCUT2D eigenvalue weighted by molar-refractivity contribution is 7.89. The van der Waals surface area contributed by atoms with Crippen molar-refractivity contribution in [3.8, 4) is 5.75 Å². The van der Waals surface area contributed by atoms with E-state index in [2.05, 4.69) is 5.32 Å². The number of aryl methyl sites for hydroxylation is 1. The third-order valence-electron chi connectivity index (χ3n) is 4.36. The third kappa shape index (κ3) is 5.31. The van der Waals surface area contributed by atoms with E-state index in [1.54, 1.807) is 12.1 Å². The molecule has 0 aromatic heterocycles. The van der Waals surface area contributed by atoms with Gasteiger partial charge in [-0.1, -0.05) is 17.7 Å². The Hall–Kier alpha value is -2.42. The van der Waals surface area contributed by atoms with Gasteiger partial charge in [0.25, 0.3) is 0 Å². The lowest BCUT2D eigenvalue weighted by molar-refractivity contribution is -0.116. The number of hydrogen-bond acceptors (Lipinski definition) is 5. The van der Waals surface area contributed by atoms with Crippen molar-refractivity contribution in [1.29, 1.82) is 0 Å². The van der Waals surface area contributed by atoms with Crippen molar-refractivity contribution in [3.63, 3.8) is 0 Å². The van der Waals surface area contributed by atoms with E-state index in [1.165, 1.54) is 16.4 Å². The van der Waals surface area contributed by atoms with Crippen LogP contribution in [0.4, 0.5) is 5.69 Å². The lowest BCUT2D eigenvalue weighted by atomic mass is 10.2. The Morgan fingerprint density at radius 1 is 1.07 bits per heavy atom. The molecule has 1 aliphatic rings. The Labute approximate surface area is 165 Å². The minimum atomic E-state index is -3.53. The topological polar surface area (TPSA) is 84.9 Å². The highest BCUT2D eigenvalue weighted by Crippen LogP contribution is 2.19. The molecular weight excluding hydrogens is 380 g/mol. The third-order valence-corrected chi connectivity index (χ3v) is 6.28. The van der Waals surface area contributed by atoms with E-state index < -0.39 is 10.0 Å². The molecule has 0 atom stereocenters. The van der Waals surface area contributed by atoms with Gasteiger partial charge in [-0.15, -0.1) is 0 Å². The van der Waals surface area contributed by atoms with Crippen LogP contribution in [0.1, 0.15) is 12.0 Å². The highest BCUT2D eigenvalue weighted by Gasteiger charge is 2.26. The molecule has 0 spiro atoms. The summed E-state index contributed by atoms with van der Waals surface area (Å²) in [6, 6.07) is 13.8. The van der Waals surface area contributed by atoms with Gasteiger partial charge >= 0.3 is 0 Å². The van der Waals surface area contributed by atoms with Crippen LogP contribution in [-0.2, 0) is 19.6 Å². The van der Waals surface area contributed by atoms with Crippen LogP contribution in [0, 0.1) is 6.92 Å². The quantitative estimate of drug-likeness (QED) is 0.766. The Morgan fingerprint density at radius 3 is 2.36 bits per heavy atom. The van der Waals surface area contributed by atoms with Crippen molar-refractivity contribution in [3.05, 3.63) is 54.1 Å². The maximum absolute atomic E-state index is 12.6. The summed E-state index contributed by atoms with van der Waals surface area (Å²) in [4.78, 5) is 12.3. The number of nitrogens with one attached hydrogen (secondary N) is 1. The van der Waals surface area contributed by atoms with Crippen LogP contribution in [0.5, 0.6) is 5.75 Å². The van der Waals surface area contributed by atoms with Gasteiger partial charge in [0.2, 0.25) is 15.9 Å². The van der Waals surface area contributed by atoms with Crippen molar-refractivity contribution in [1.82, 2.24) is 4.31 Å². The minimum absolute atomic E-state index is 0.196. The molecule has 2 aromatic carbocycles. The number of rotatable bonds is 7. The van der Waals surface area contributed by atoms with Crippen molar-refractivity contribution in [2.75, 3.05) is 38.2 Å². The van der Waals surface area contributed by atoms with Gasteiger partial charge in [0.1, 0.15) is 5.75 Å². The Kier molecular flexibility index (Phi) is 6.66. The maximum Gasteiger partial charge on any atom is 0.243 e. The lowest BCUT2D eigenvalue weighted by Crippen LogP contribution is -2.40. The first-order chi connectivity index (χ1) is 13.4. The molecule has 2 aromatic rings. The summed E-state index contributed by atoms with van der Waals surface area (Å²) >= 11 is 0. The molecule has 0 bridgehead atoms. The van der Waals surface area contributed by atoms with Crippen molar-refractivity contribution in [2.45, 2.75) is 18.2 Å². The number of ether oxygens (including phenoxy) is 2. The van der Waals surface area contributed by atoms with Gasteiger partial charge in [-0.05, 0) is 43.3 Å². The van der Waals surface area contributed by atoms with Gasteiger partial charge < -0.3 is 14.8 Å². The monoisotopic (exact) mass is 404 g/mol. The van der Waals surface area contributed by atoms with Crippen molar-refractivity contribution in [2.24, 2.45) is 0 Å². The molecule has 1 N–H and O–H groups in total. The van der Waals surface area contributed by atoms with Crippen molar-refractivity contribution < 1.29 is 22.7 Å². The highest BCUT2D eigenvalue weighted by atomic mass is 32.2. The van der Waals surface area contributed by atoms with E-state index in [-0.39, 0.29) is 23.8 Å². The summed E-state index contributed by atoms with van der Waals surface area (Å²) in [5.74, 6) is 0.520. The number of sulfonamides is 1. The molecule has 0 aliphatic carbocycles. The molecule has 28 heavy (non-hydrogen) atoms. The van der Waals surface area contributed by atoms with Gasteiger partial charge in [-0.2, -0.15) is 4.31 Å². The minimum Gasteiger partial charge on any atom is -0.493 e. The zero-order valence-electron chi connectivity index (χ0n) is 15.8. The molecule has 1 aliphatic heterocycles. The first-order valence-corrected chi connectivity index (χ1v) is 10.6. The smallest absolute Gasteiger partial charge is 0.243 e. The molecule has 1 heterocycles. The second-order valence-corrected chi connectivity index (χ2v) is 8.44. The lowest BCUT2D eigenvalue weighted by Gasteiger charge is -2.26. The molecule has 8 heteroatoms. The van der Waals surface area contributed by atoms with Crippen LogP contribution in [0.2, 0.25) is 0 Å². The van der Waals surface area contributed by atoms with E-state index in [1.807, 2.05) is 31.2 Å². The SMILES string of the molecule is Cc1ccc(OCCC(=O)Nc2ccc(S(=O)(=O)N3CCOCC3)cc2)cc1. The van der Waals surface area contributed by atoms with E-state index in [0.717, 1.165) is 11.3 Å². The molecule has 0 saturated carbocycles. The Bertz CT molecular complexity index is 889. The fourth-order valence-corrected chi connectivity index (χ4v) is 4.17. The number of anilines is 1. The molecular formula is C20H24N2O5S. The average Bonchev–Trinajstić information content (AvgIpc) is 2.70. The number of benzene rings is 2. The summed E-state index contributed by atoms with van der Waals surface area (Å²) < 4.78 is 37.3. The number of morpholine rings is 1. The second kappa shape index (κ2) is 9.18. The normalized spacial score (nSPS) is 15.2. The molecule has 3 rings (SSSR count). The Morgan fingerprint density at radius 2 is 1.71 bits per heavy atom. The predicted octanol–water partition coefficient (Wildman–Crippen LogP) is 2.42. The van der Waals surface area contributed by atoms with Crippen LogP contribution in [0.3, 0.4) is 0 Å². The largest absolute Gasteiger partial charge is 0.493 e. The zero-order chi connectivity index (χ0) is 20.0. The standard InChI is InChI=1S/C20H24N2O5S/c1-16-2-6-18(7-3-16)27-13-10-20(23)21-17-4-8-19(9-5-17)28(24,25)22-11-14-26-15-12-22/h2-9H,10-15H2,1H3,(H,21,23).